The van der Waals surface area contributed by atoms with Gasteiger partial charge in [0, 0.05) is 37.8 Å². The summed E-state index contributed by atoms with van der Waals surface area (Å²) in [5.41, 5.74) is 5.61. The molecule has 1 amide bonds. The average molecular weight is 324 g/mol. The minimum absolute atomic E-state index is 0.0473. The number of benzene rings is 1. The molecule has 0 aliphatic carbocycles. The predicted molar refractivity (Wildman–Crippen MR) is 83.1 cm³/mol. The van der Waals surface area contributed by atoms with Crippen LogP contribution in [0.25, 0.3) is 0 Å². The van der Waals surface area contributed by atoms with Crippen molar-refractivity contribution in [3.8, 4) is 0 Å². The largest absolute Gasteiger partial charge is 0.355 e. The maximum absolute atomic E-state index is 13.4. The topological polar surface area (TPSA) is 102 Å². The second kappa shape index (κ2) is 7.98. The number of amides is 1. The summed E-state index contributed by atoms with van der Waals surface area (Å²) in [7, 11) is 0. The average Bonchev–Trinajstić information content (AvgIpc) is 2.52. The van der Waals surface area contributed by atoms with Crippen LogP contribution in [0.2, 0.25) is 0 Å². The molecular weight excluding hydrogens is 303 g/mol. The Hall–Kier alpha value is -2.06. The molecule has 1 fully saturated rings. The van der Waals surface area contributed by atoms with Crippen LogP contribution in [0.1, 0.15) is 18.4 Å². The highest BCUT2D eigenvalue weighted by atomic mass is 19.1. The van der Waals surface area contributed by atoms with Gasteiger partial charge in [0.05, 0.1) is 10.8 Å². The molecule has 1 atom stereocenters. The molecular formula is C15H21FN4O3. The zero-order valence-corrected chi connectivity index (χ0v) is 12.8. The molecule has 8 heteroatoms. The third-order valence-corrected chi connectivity index (χ3v) is 3.95. The van der Waals surface area contributed by atoms with Gasteiger partial charge in [-0.25, -0.2) is 4.39 Å². The molecule has 1 unspecified atom stereocenters. The van der Waals surface area contributed by atoms with Gasteiger partial charge in [-0.2, -0.15) is 0 Å². The van der Waals surface area contributed by atoms with E-state index in [-0.39, 0.29) is 24.1 Å². The Morgan fingerprint density at radius 1 is 1.52 bits per heavy atom. The maximum atomic E-state index is 13.4. The zero-order valence-electron chi connectivity index (χ0n) is 12.8. The van der Waals surface area contributed by atoms with E-state index in [4.69, 9.17) is 5.73 Å². The Labute approximate surface area is 133 Å². The van der Waals surface area contributed by atoms with Crippen molar-refractivity contribution in [3.63, 3.8) is 0 Å². The molecule has 126 valence electrons. The van der Waals surface area contributed by atoms with Gasteiger partial charge in [-0.1, -0.05) is 0 Å². The number of halogens is 1. The van der Waals surface area contributed by atoms with Gasteiger partial charge in [-0.15, -0.1) is 0 Å². The summed E-state index contributed by atoms with van der Waals surface area (Å²) in [5, 5.41) is 13.8. The standard InChI is InChI=1S/C15H21FN4O3/c16-13-3-4-14(20(22)23)12(8-13)10-19-7-1-2-11(9-19)15(21)18-6-5-17/h3-4,8,11H,1-2,5-7,9-10,17H2,(H,18,21). The summed E-state index contributed by atoms with van der Waals surface area (Å²) in [4.78, 5) is 24.5. The molecule has 1 aliphatic rings. The number of nitrogens with zero attached hydrogens (tertiary/aromatic N) is 2. The quantitative estimate of drug-likeness (QED) is 0.601. The molecule has 1 saturated heterocycles. The third-order valence-electron chi connectivity index (χ3n) is 3.95. The molecule has 1 aliphatic heterocycles. The maximum Gasteiger partial charge on any atom is 0.274 e. The Balaban J connectivity index is 2.04. The number of nitrogens with one attached hydrogen (secondary N) is 1. The first-order chi connectivity index (χ1) is 11.0. The first-order valence-corrected chi connectivity index (χ1v) is 7.64. The number of nitro benzene ring substituents is 1. The lowest BCUT2D eigenvalue weighted by molar-refractivity contribution is -0.385. The SMILES string of the molecule is NCCNC(=O)C1CCCN(Cc2cc(F)ccc2[N+](=O)[O-])C1. The Morgan fingerprint density at radius 2 is 2.30 bits per heavy atom. The van der Waals surface area contributed by atoms with Gasteiger partial charge >= 0.3 is 0 Å². The van der Waals surface area contributed by atoms with Crippen LogP contribution in [0.3, 0.4) is 0 Å². The van der Waals surface area contributed by atoms with Gasteiger partial charge in [-0.3, -0.25) is 19.8 Å². The van der Waals surface area contributed by atoms with E-state index in [0.29, 0.717) is 25.2 Å². The van der Waals surface area contributed by atoms with E-state index in [9.17, 15) is 19.3 Å². The van der Waals surface area contributed by atoms with Gasteiger partial charge in [0.25, 0.3) is 5.69 Å². The smallest absolute Gasteiger partial charge is 0.274 e. The van der Waals surface area contributed by atoms with Crippen molar-refractivity contribution in [3.05, 3.63) is 39.7 Å². The second-order valence-corrected chi connectivity index (χ2v) is 5.68. The van der Waals surface area contributed by atoms with Gasteiger partial charge in [0.15, 0.2) is 0 Å². The number of carbonyl (C=O) groups excluding carboxylic acids is 1. The normalized spacial score (nSPS) is 18.6. The molecule has 2 rings (SSSR count). The summed E-state index contributed by atoms with van der Waals surface area (Å²) in [6, 6.07) is 3.46. The lowest BCUT2D eigenvalue weighted by atomic mass is 9.96. The van der Waals surface area contributed by atoms with Crippen molar-refractivity contribution in [2.45, 2.75) is 19.4 Å². The van der Waals surface area contributed by atoms with Crippen molar-refractivity contribution >= 4 is 11.6 Å². The van der Waals surface area contributed by atoms with E-state index in [0.717, 1.165) is 25.5 Å². The van der Waals surface area contributed by atoms with Crippen LogP contribution < -0.4 is 11.1 Å². The fraction of sp³-hybridized carbons (Fsp3) is 0.533. The number of rotatable bonds is 6. The number of hydrogen-bond acceptors (Lipinski definition) is 5. The summed E-state index contributed by atoms with van der Waals surface area (Å²) >= 11 is 0. The number of likely N-dealkylation sites (tertiary alicyclic amines) is 1. The monoisotopic (exact) mass is 324 g/mol. The molecule has 0 aromatic heterocycles. The molecule has 0 spiro atoms. The Kier molecular flexibility index (Phi) is 6.00. The Morgan fingerprint density at radius 3 is 3.00 bits per heavy atom. The van der Waals surface area contributed by atoms with Gasteiger partial charge in [0.2, 0.25) is 5.91 Å². The van der Waals surface area contributed by atoms with Gasteiger partial charge < -0.3 is 11.1 Å². The lowest BCUT2D eigenvalue weighted by Crippen LogP contribution is -2.43. The molecule has 3 N–H and O–H groups in total. The highest BCUT2D eigenvalue weighted by Crippen LogP contribution is 2.24. The molecule has 1 heterocycles. The molecule has 23 heavy (non-hydrogen) atoms. The summed E-state index contributed by atoms with van der Waals surface area (Å²) in [5.74, 6) is -0.711. The number of carbonyl (C=O) groups is 1. The zero-order chi connectivity index (χ0) is 16.8. The molecule has 0 saturated carbocycles. The van der Waals surface area contributed by atoms with Crippen LogP contribution >= 0.6 is 0 Å². The molecule has 7 nitrogen and oxygen atoms in total. The third kappa shape index (κ3) is 4.70. The molecule has 0 radical (unpaired) electrons. The molecule has 0 bridgehead atoms. The van der Waals surface area contributed by atoms with Gasteiger partial charge in [0.1, 0.15) is 5.82 Å². The number of hydrogen-bond donors (Lipinski definition) is 2. The van der Waals surface area contributed by atoms with E-state index >= 15 is 0 Å². The first kappa shape index (κ1) is 17.3. The van der Waals surface area contributed by atoms with Crippen LogP contribution in [-0.2, 0) is 11.3 Å². The van der Waals surface area contributed by atoms with Crippen molar-refractivity contribution in [1.82, 2.24) is 10.2 Å². The number of piperidine rings is 1. The van der Waals surface area contributed by atoms with E-state index in [1.54, 1.807) is 0 Å². The molecule has 1 aromatic rings. The van der Waals surface area contributed by atoms with E-state index in [2.05, 4.69) is 5.32 Å². The highest BCUT2D eigenvalue weighted by molar-refractivity contribution is 5.78. The van der Waals surface area contributed by atoms with E-state index < -0.39 is 10.7 Å². The second-order valence-electron chi connectivity index (χ2n) is 5.68. The van der Waals surface area contributed by atoms with Crippen LogP contribution in [-0.4, -0.2) is 41.9 Å². The minimum Gasteiger partial charge on any atom is -0.355 e. The van der Waals surface area contributed by atoms with Gasteiger partial charge in [-0.05, 0) is 31.5 Å². The van der Waals surface area contributed by atoms with Crippen molar-refractivity contribution in [2.24, 2.45) is 11.7 Å². The fourth-order valence-electron chi connectivity index (χ4n) is 2.85. The van der Waals surface area contributed by atoms with Crippen molar-refractivity contribution in [2.75, 3.05) is 26.2 Å². The highest BCUT2D eigenvalue weighted by Gasteiger charge is 2.27. The summed E-state index contributed by atoms with van der Waals surface area (Å²) < 4.78 is 13.4. The minimum atomic E-state index is -0.510. The van der Waals surface area contributed by atoms with E-state index in [1.807, 2.05) is 4.90 Å². The van der Waals surface area contributed by atoms with Crippen molar-refractivity contribution < 1.29 is 14.1 Å². The van der Waals surface area contributed by atoms with Crippen molar-refractivity contribution in [1.29, 1.82) is 0 Å². The van der Waals surface area contributed by atoms with Crippen LogP contribution in [0.4, 0.5) is 10.1 Å². The predicted octanol–water partition coefficient (Wildman–Crippen LogP) is 1.02. The van der Waals surface area contributed by atoms with Crippen LogP contribution in [0.5, 0.6) is 0 Å². The Bertz CT molecular complexity index is 582. The summed E-state index contributed by atoms with van der Waals surface area (Å²) in [6.07, 6.45) is 1.60. The molecule has 1 aromatic carbocycles. The number of nitro groups is 1. The lowest BCUT2D eigenvalue weighted by Gasteiger charge is -2.31. The fourth-order valence-corrected chi connectivity index (χ4v) is 2.85. The first-order valence-electron chi connectivity index (χ1n) is 7.64. The van der Waals surface area contributed by atoms with Crippen LogP contribution in [0.15, 0.2) is 18.2 Å². The van der Waals surface area contributed by atoms with Crippen LogP contribution in [0, 0.1) is 21.8 Å². The van der Waals surface area contributed by atoms with E-state index in [1.165, 1.54) is 12.1 Å². The number of nitrogens with two attached hydrogens (primary N) is 1. The summed E-state index contributed by atoms with van der Waals surface area (Å²) in [6.45, 7) is 2.31.